The minimum Gasteiger partial charge on any atom is -0.379 e. The van der Waals surface area contributed by atoms with Gasteiger partial charge in [-0.1, -0.05) is 12.1 Å². The summed E-state index contributed by atoms with van der Waals surface area (Å²) in [6, 6.07) is 6.95. The van der Waals surface area contributed by atoms with E-state index in [0.717, 1.165) is 32.8 Å². The van der Waals surface area contributed by atoms with Gasteiger partial charge in [0.2, 0.25) is 0 Å². The van der Waals surface area contributed by atoms with Crippen molar-refractivity contribution in [2.75, 3.05) is 32.8 Å². The quantitative estimate of drug-likeness (QED) is 0.880. The fourth-order valence-electron chi connectivity index (χ4n) is 2.65. The first-order chi connectivity index (χ1) is 10.1. The highest BCUT2D eigenvalue weighted by molar-refractivity contribution is 7.90. The van der Waals surface area contributed by atoms with Crippen LogP contribution in [0.15, 0.2) is 34.2 Å². The summed E-state index contributed by atoms with van der Waals surface area (Å²) in [5.74, 6) is 0.450. The van der Waals surface area contributed by atoms with E-state index < -0.39 is 10.0 Å². The Hall–Kier alpha value is -1.44. The number of nitrogens with zero attached hydrogens (tertiary/aromatic N) is 2. The summed E-state index contributed by atoms with van der Waals surface area (Å²) in [6.45, 7) is 6.10. The third-order valence-corrected chi connectivity index (χ3v) is 5.04. The third kappa shape index (κ3) is 3.09. The van der Waals surface area contributed by atoms with E-state index in [1.807, 2.05) is 13.0 Å². The first kappa shape index (κ1) is 14.5. The van der Waals surface area contributed by atoms with Gasteiger partial charge in [0.15, 0.2) is 0 Å². The van der Waals surface area contributed by atoms with Crippen LogP contribution in [0, 0.1) is 0 Å². The van der Waals surface area contributed by atoms with Crippen LogP contribution in [0.25, 0.3) is 0 Å². The highest BCUT2D eigenvalue weighted by atomic mass is 32.2. The summed E-state index contributed by atoms with van der Waals surface area (Å²) in [5, 5.41) is 0. The average Bonchev–Trinajstić information content (AvgIpc) is 2.72. The van der Waals surface area contributed by atoms with Gasteiger partial charge in [-0.2, -0.15) is 0 Å². The number of aliphatic imine (C=N–C) groups is 1. The molecule has 7 heteroatoms. The zero-order valence-electron chi connectivity index (χ0n) is 11.9. The lowest BCUT2D eigenvalue weighted by Gasteiger charge is -2.28. The Balaban J connectivity index is 1.77. The van der Waals surface area contributed by atoms with Crippen LogP contribution >= 0.6 is 0 Å². The molecule has 0 saturated carbocycles. The number of rotatable bonds is 3. The van der Waals surface area contributed by atoms with E-state index >= 15 is 0 Å². The van der Waals surface area contributed by atoms with Crippen LogP contribution < -0.4 is 4.72 Å². The number of sulfonamides is 1. The second-order valence-electron chi connectivity index (χ2n) is 5.34. The minimum atomic E-state index is -3.45. The van der Waals surface area contributed by atoms with Gasteiger partial charge in [-0.05, 0) is 19.1 Å². The van der Waals surface area contributed by atoms with E-state index in [0.29, 0.717) is 16.3 Å². The van der Waals surface area contributed by atoms with Crippen molar-refractivity contribution in [3.05, 3.63) is 29.8 Å². The lowest BCUT2D eigenvalue weighted by atomic mass is 10.2. The molecule has 1 aromatic rings. The molecule has 1 saturated heterocycles. The number of nitrogens with one attached hydrogen (secondary N) is 1. The Morgan fingerprint density at radius 2 is 2.05 bits per heavy atom. The number of amidine groups is 1. The van der Waals surface area contributed by atoms with Crippen molar-refractivity contribution in [1.29, 1.82) is 0 Å². The second kappa shape index (κ2) is 5.75. The van der Waals surface area contributed by atoms with Crippen LogP contribution in [0.1, 0.15) is 12.5 Å². The molecule has 0 amide bonds. The van der Waals surface area contributed by atoms with Gasteiger partial charge in [0.25, 0.3) is 10.0 Å². The maximum absolute atomic E-state index is 12.0. The third-order valence-electron chi connectivity index (χ3n) is 3.64. The van der Waals surface area contributed by atoms with Gasteiger partial charge in [-0.25, -0.2) is 8.42 Å². The Morgan fingerprint density at radius 1 is 1.33 bits per heavy atom. The van der Waals surface area contributed by atoms with E-state index in [4.69, 9.17) is 4.74 Å². The highest BCUT2D eigenvalue weighted by Gasteiger charge is 2.30. The number of benzene rings is 1. The molecule has 0 bridgehead atoms. The van der Waals surface area contributed by atoms with Crippen molar-refractivity contribution in [3.8, 4) is 0 Å². The van der Waals surface area contributed by atoms with Crippen LogP contribution in [0.4, 0.5) is 0 Å². The maximum Gasteiger partial charge on any atom is 0.263 e. The number of hydrogen-bond acceptors (Lipinski definition) is 5. The first-order valence-electron chi connectivity index (χ1n) is 7.06. The zero-order chi connectivity index (χ0) is 14.9. The Morgan fingerprint density at radius 3 is 2.81 bits per heavy atom. The maximum atomic E-state index is 12.0. The summed E-state index contributed by atoms with van der Waals surface area (Å²) < 4.78 is 31.9. The largest absolute Gasteiger partial charge is 0.379 e. The summed E-state index contributed by atoms with van der Waals surface area (Å²) >= 11 is 0. The minimum absolute atomic E-state index is 0.0203. The van der Waals surface area contributed by atoms with Gasteiger partial charge in [0.05, 0.1) is 24.2 Å². The highest BCUT2D eigenvalue weighted by Crippen LogP contribution is 2.22. The molecule has 2 heterocycles. The summed E-state index contributed by atoms with van der Waals surface area (Å²) in [4.78, 5) is 7.14. The molecule has 2 aliphatic rings. The fourth-order valence-corrected chi connectivity index (χ4v) is 3.89. The topological polar surface area (TPSA) is 71.0 Å². The first-order valence-corrected chi connectivity index (χ1v) is 8.55. The predicted molar refractivity (Wildman–Crippen MR) is 80.0 cm³/mol. The molecule has 3 rings (SSSR count). The zero-order valence-corrected chi connectivity index (χ0v) is 12.8. The van der Waals surface area contributed by atoms with Crippen LogP contribution in [-0.4, -0.2) is 58.0 Å². The molecule has 0 spiro atoms. The Bertz CT molecular complexity index is 651. The Labute approximate surface area is 124 Å². The molecular weight excluding hydrogens is 290 g/mol. The van der Waals surface area contributed by atoms with Crippen molar-refractivity contribution in [2.45, 2.75) is 17.9 Å². The van der Waals surface area contributed by atoms with E-state index in [1.54, 1.807) is 18.2 Å². The normalized spacial score (nSPS) is 24.5. The number of fused-ring (bicyclic) bond motifs is 1. The van der Waals surface area contributed by atoms with Crippen molar-refractivity contribution in [1.82, 2.24) is 9.62 Å². The molecule has 1 aromatic carbocycles. The molecule has 2 aliphatic heterocycles. The predicted octanol–water partition coefficient (Wildman–Crippen LogP) is 0.446. The van der Waals surface area contributed by atoms with E-state index in [2.05, 4.69) is 14.6 Å². The van der Waals surface area contributed by atoms with Crippen LogP contribution in [-0.2, 0) is 14.8 Å². The van der Waals surface area contributed by atoms with Crippen molar-refractivity contribution >= 4 is 15.9 Å². The molecule has 1 fully saturated rings. The van der Waals surface area contributed by atoms with Gasteiger partial charge in [0.1, 0.15) is 5.84 Å². The van der Waals surface area contributed by atoms with E-state index in [9.17, 15) is 8.42 Å². The number of hydrogen-bond donors (Lipinski definition) is 1. The van der Waals surface area contributed by atoms with Gasteiger partial charge in [0, 0.05) is 25.2 Å². The van der Waals surface area contributed by atoms with Crippen molar-refractivity contribution < 1.29 is 13.2 Å². The number of morpholine rings is 1. The molecule has 0 radical (unpaired) electrons. The van der Waals surface area contributed by atoms with Gasteiger partial charge in [-0.3, -0.25) is 14.6 Å². The Kier molecular flexibility index (Phi) is 3.97. The van der Waals surface area contributed by atoms with E-state index in [1.165, 1.54) is 0 Å². The molecule has 0 aliphatic carbocycles. The standard InChI is InChI=1S/C14H19N3O3S/c1-11(10-17-6-8-20-9-7-17)15-14-12-4-2-3-5-13(12)21(18,19)16-14/h2-5,11H,6-10H2,1H3,(H,15,16). The van der Waals surface area contributed by atoms with Crippen LogP contribution in [0.2, 0.25) is 0 Å². The van der Waals surface area contributed by atoms with Gasteiger partial charge >= 0.3 is 0 Å². The van der Waals surface area contributed by atoms with E-state index in [-0.39, 0.29) is 6.04 Å². The smallest absolute Gasteiger partial charge is 0.263 e. The molecule has 1 atom stereocenters. The second-order valence-corrected chi connectivity index (χ2v) is 6.99. The molecule has 0 aromatic heterocycles. The van der Waals surface area contributed by atoms with Gasteiger partial charge < -0.3 is 4.74 Å². The molecule has 1 unspecified atom stereocenters. The lowest BCUT2D eigenvalue weighted by Crippen LogP contribution is -2.40. The number of ether oxygens (including phenoxy) is 1. The molecular formula is C14H19N3O3S. The summed E-state index contributed by atoms with van der Waals surface area (Å²) in [5.41, 5.74) is 0.659. The van der Waals surface area contributed by atoms with Crippen molar-refractivity contribution in [3.63, 3.8) is 0 Å². The van der Waals surface area contributed by atoms with Gasteiger partial charge in [-0.15, -0.1) is 0 Å². The fraction of sp³-hybridized carbons (Fsp3) is 0.500. The van der Waals surface area contributed by atoms with Crippen molar-refractivity contribution in [2.24, 2.45) is 4.99 Å². The molecule has 21 heavy (non-hydrogen) atoms. The SMILES string of the molecule is CC(CN1CCOCC1)N=C1NS(=O)(=O)c2ccccc21. The molecule has 6 nitrogen and oxygen atoms in total. The monoisotopic (exact) mass is 309 g/mol. The lowest BCUT2D eigenvalue weighted by molar-refractivity contribution is 0.0361. The van der Waals surface area contributed by atoms with Crippen LogP contribution in [0.3, 0.4) is 0 Å². The van der Waals surface area contributed by atoms with Crippen LogP contribution in [0.5, 0.6) is 0 Å². The summed E-state index contributed by atoms with van der Waals surface area (Å²) in [6.07, 6.45) is 0. The summed E-state index contributed by atoms with van der Waals surface area (Å²) in [7, 11) is -3.45. The molecule has 114 valence electrons. The average molecular weight is 309 g/mol. The molecule has 1 N–H and O–H groups in total.